The van der Waals surface area contributed by atoms with E-state index >= 15 is 0 Å². The van der Waals surface area contributed by atoms with Gasteiger partial charge >= 0.3 is 0 Å². The van der Waals surface area contributed by atoms with Crippen LogP contribution in [0.3, 0.4) is 0 Å². The highest BCUT2D eigenvalue weighted by Crippen LogP contribution is 2.24. The Morgan fingerprint density at radius 3 is 2.63 bits per heavy atom. The summed E-state index contributed by atoms with van der Waals surface area (Å²) in [6.45, 7) is 0. The zero-order chi connectivity index (χ0) is 18.2. The lowest BCUT2D eigenvalue weighted by Crippen LogP contribution is -2.12. The highest BCUT2D eigenvalue weighted by Gasteiger charge is 2.10. The van der Waals surface area contributed by atoms with Gasteiger partial charge in [-0.2, -0.15) is 0 Å². The number of carbonyl (C=O) groups excluding carboxylic acids is 1. The zero-order valence-electron chi connectivity index (χ0n) is 14.3. The van der Waals surface area contributed by atoms with Gasteiger partial charge in [0.05, 0.1) is 5.69 Å². The molecule has 1 N–H and O–H groups in total. The molecule has 0 unspecified atom stereocenters. The SMILES string of the molecule is O=C(Nc1ccc(-c2cn3ccsc3n2)cc1)c1cccc2ccccc12. The molecule has 5 heteroatoms. The van der Waals surface area contributed by atoms with Gasteiger partial charge in [-0.3, -0.25) is 9.20 Å². The molecule has 0 atom stereocenters. The largest absolute Gasteiger partial charge is 0.322 e. The van der Waals surface area contributed by atoms with E-state index in [0.29, 0.717) is 5.56 Å². The molecule has 4 nitrogen and oxygen atoms in total. The van der Waals surface area contributed by atoms with Crippen molar-refractivity contribution >= 4 is 38.7 Å². The molecule has 2 heterocycles. The standard InChI is InChI=1S/C22H15N3OS/c26-21(19-7-3-5-15-4-1-2-6-18(15)19)23-17-10-8-16(9-11-17)20-14-25-12-13-27-22(25)24-20/h1-14H,(H,23,26). The number of hydrogen-bond acceptors (Lipinski definition) is 3. The Morgan fingerprint density at radius 1 is 0.963 bits per heavy atom. The van der Waals surface area contributed by atoms with Gasteiger partial charge in [-0.15, -0.1) is 11.3 Å². The van der Waals surface area contributed by atoms with Crippen LogP contribution in [0.4, 0.5) is 5.69 Å². The second-order valence-corrected chi connectivity index (χ2v) is 7.15. The number of carbonyl (C=O) groups is 1. The fourth-order valence-electron chi connectivity index (χ4n) is 3.21. The minimum absolute atomic E-state index is 0.109. The Balaban J connectivity index is 1.40. The van der Waals surface area contributed by atoms with Gasteiger partial charge in [0.2, 0.25) is 0 Å². The van der Waals surface area contributed by atoms with Crippen molar-refractivity contribution in [1.82, 2.24) is 9.38 Å². The lowest BCUT2D eigenvalue weighted by atomic mass is 10.0. The van der Waals surface area contributed by atoms with E-state index in [1.165, 1.54) is 0 Å². The fraction of sp³-hybridized carbons (Fsp3) is 0. The van der Waals surface area contributed by atoms with Crippen LogP contribution in [0.5, 0.6) is 0 Å². The summed E-state index contributed by atoms with van der Waals surface area (Å²) in [4.78, 5) is 18.3. The summed E-state index contributed by atoms with van der Waals surface area (Å²) in [5.41, 5.74) is 3.38. The van der Waals surface area contributed by atoms with Crippen molar-refractivity contribution in [3.05, 3.63) is 90.1 Å². The van der Waals surface area contributed by atoms with Gasteiger partial charge in [0.25, 0.3) is 5.91 Å². The molecule has 0 saturated heterocycles. The van der Waals surface area contributed by atoms with E-state index in [1.54, 1.807) is 11.3 Å². The van der Waals surface area contributed by atoms with Gasteiger partial charge in [-0.05, 0) is 29.0 Å². The van der Waals surface area contributed by atoms with Gasteiger partial charge in [-0.25, -0.2) is 4.98 Å². The summed E-state index contributed by atoms with van der Waals surface area (Å²) in [6, 6.07) is 21.4. The number of aromatic nitrogens is 2. The van der Waals surface area contributed by atoms with Crippen LogP contribution in [0, 0.1) is 0 Å². The molecule has 2 aromatic heterocycles. The van der Waals surface area contributed by atoms with Crippen molar-refractivity contribution in [3.8, 4) is 11.3 Å². The normalized spacial score (nSPS) is 11.1. The third-order valence-corrected chi connectivity index (χ3v) is 5.34. The van der Waals surface area contributed by atoms with Crippen molar-refractivity contribution in [3.63, 3.8) is 0 Å². The molecule has 0 radical (unpaired) electrons. The monoisotopic (exact) mass is 369 g/mol. The molecule has 0 aliphatic rings. The first-order valence-corrected chi connectivity index (χ1v) is 9.48. The second kappa shape index (κ2) is 6.37. The van der Waals surface area contributed by atoms with Crippen molar-refractivity contribution in [2.24, 2.45) is 0 Å². The first-order chi connectivity index (χ1) is 13.3. The Morgan fingerprint density at radius 2 is 1.78 bits per heavy atom. The molecule has 27 heavy (non-hydrogen) atoms. The number of nitrogens with one attached hydrogen (secondary N) is 1. The molecule has 0 aliphatic carbocycles. The number of thiazole rings is 1. The number of hydrogen-bond donors (Lipinski definition) is 1. The molecular weight excluding hydrogens is 354 g/mol. The maximum absolute atomic E-state index is 12.7. The van der Waals surface area contributed by atoms with E-state index in [0.717, 1.165) is 32.7 Å². The van der Waals surface area contributed by atoms with Gasteiger partial charge in [0, 0.05) is 34.6 Å². The minimum Gasteiger partial charge on any atom is -0.322 e. The van der Waals surface area contributed by atoms with Crippen molar-refractivity contribution in [2.75, 3.05) is 5.32 Å². The average Bonchev–Trinajstić information content (AvgIpc) is 3.30. The predicted octanol–water partition coefficient (Wildman–Crippen LogP) is 5.47. The summed E-state index contributed by atoms with van der Waals surface area (Å²) in [5.74, 6) is -0.109. The molecule has 0 spiro atoms. The highest BCUT2D eigenvalue weighted by atomic mass is 32.1. The van der Waals surface area contributed by atoms with E-state index < -0.39 is 0 Å². The quantitative estimate of drug-likeness (QED) is 0.458. The summed E-state index contributed by atoms with van der Waals surface area (Å²) in [7, 11) is 0. The van der Waals surface area contributed by atoms with Crippen LogP contribution in [-0.2, 0) is 0 Å². The number of fused-ring (bicyclic) bond motifs is 2. The average molecular weight is 369 g/mol. The molecule has 0 fully saturated rings. The Labute approximate surface area is 159 Å². The summed E-state index contributed by atoms with van der Waals surface area (Å²) in [5, 5.41) is 7.01. The molecule has 0 aliphatic heterocycles. The molecule has 3 aromatic carbocycles. The van der Waals surface area contributed by atoms with Crippen LogP contribution >= 0.6 is 11.3 Å². The Bertz CT molecular complexity index is 1230. The van der Waals surface area contributed by atoms with Crippen LogP contribution in [0.15, 0.2) is 84.5 Å². The predicted molar refractivity (Wildman–Crippen MR) is 110 cm³/mol. The number of amides is 1. The van der Waals surface area contributed by atoms with Gasteiger partial charge in [0.1, 0.15) is 0 Å². The van der Waals surface area contributed by atoms with E-state index in [-0.39, 0.29) is 5.91 Å². The van der Waals surface area contributed by atoms with Gasteiger partial charge in [0.15, 0.2) is 4.96 Å². The topological polar surface area (TPSA) is 46.4 Å². The summed E-state index contributed by atoms with van der Waals surface area (Å²) < 4.78 is 2.01. The van der Waals surface area contributed by atoms with Crippen LogP contribution < -0.4 is 5.32 Å². The smallest absolute Gasteiger partial charge is 0.256 e. The van der Waals surface area contributed by atoms with Gasteiger partial charge in [-0.1, -0.05) is 48.5 Å². The van der Waals surface area contributed by atoms with E-state index in [1.807, 2.05) is 88.9 Å². The number of nitrogens with zero attached hydrogens (tertiary/aromatic N) is 2. The number of rotatable bonds is 3. The van der Waals surface area contributed by atoms with Gasteiger partial charge < -0.3 is 5.32 Å². The van der Waals surface area contributed by atoms with E-state index in [2.05, 4.69) is 10.3 Å². The lowest BCUT2D eigenvalue weighted by molar-refractivity contribution is 0.102. The lowest BCUT2D eigenvalue weighted by Gasteiger charge is -2.08. The molecule has 0 saturated carbocycles. The highest BCUT2D eigenvalue weighted by molar-refractivity contribution is 7.15. The van der Waals surface area contributed by atoms with Crippen LogP contribution in [0.1, 0.15) is 10.4 Å². The molecule has 5 rings (SSSR count). The number of anilines is 1. The van der Waals surface area contributed by atoms with Crippen molar-refractivity contribution in [2.45, 2.75) is 0 Å². The Hall–Kier alpha value is -3.44. The van der Waals surface area contributed by atoms with Crippen LogP contribution in [-0.4, -0.2) is 15.3 Å². The minimum atomic E-state index is -0.109. The number of benzene rings is 3. The maximum atomic E-state index is 12.7. The Kier molecular flexibility index (Phi) is 3.73. The first kappa shape index (κ1) is 15.8. The maximum Gasteiger partial charge on any atom is 0.256 e. The van der Waals surface area contributed by atoms with Crippen molar-refractivity contribution in [1.29, 1.82) is 0 Å². The molecule has 5 aromatic rings. The number of imidazole rings is 1. The molecule has 0 bridgehead atoms. The van der Waals surface area contributed by atoms with Crippen molar-refractivity contribution < 1.29 is 4.79 Å². The summed E-state index contributed by atoms with van der Waals surface area (Å²) in [6.07, 6.45) is 4.00. The third-order valence-electron chi connectivity index (χ3n) is 4.57. The molecule has 130 valence electrons. The molecular formula is C22H15N3OS. The fourth-order valence-corrected chi connectivity index (χ4v) is 3.91. The first-order valence-electron chi connectivity index (χ1n) is 8.60. The van der Waals surface area contributed by atoms with Crippen LogP contribution in [0.25, 0.3) is 27.0 Å². The second-order valence-electron chi connectivity index (χ2n) is 6.28. The summed E-state index contributed by atoms with van der Waals surface area (Å²) >= 11 is 1.61. The third kappa shape index (κ3) is 2.88. The molecule has 1 amide bonds. The van der Waals surface area contributed by atoms with E-state index in [9.17, 15) is 4.79 Å². The van der Waals surface area contributed by atoms with E-state index in [4.69, 9.17) is 0 Å². The van der Waals surface area contributed by atoms with Crippen LogP contribution in [0.2, 0.25) is 0 Å². The zero-order valence-corrected chi connectivity index (χ0v) is 15.1.